The normalized spacial score (nSPS) is 11.3. The van der Waals surface area contributed by atoms with Gasteiger partial charge in [0.15, 0.2) is 5.41 Å². The van der Waals surface area contributed by atoms with Gasteiger partial charge in [-0.05, 0) is 84.8 Å². The van der Waals surface area contributed by atoms with Gasteiger partial charge in [0.1, 0.15) is 5.75 Å². The maximum atomic E-state index is 13.4. The monoisotopic (exact) mass is 644 g/mol. The fourth-order valence-corrected chi connectivity index (χ4v) is 5.26. The van der Waals surface area contributed by atoms with Crippen LogP contribution in [-0.4, -0.2) is 43.3 Å². The minimum Gasteiger partial charge on any atom is -0.494 e. The quantitative estimate of drug-likeness (QED) is 0.0365. The Labute approximate surface area is 277 Å². The number of nitrogens with two attached hydrogens (primary N) is 2. The summed E-state index contributed by atoms with van der Waals surface area (Å²) in [4.78, 5) is 37.3. The van der Waals surface area contributed by atoms with E-state index in [1.54, 1.807) is 54.6 Å². The summed E-state index contributed by atoms with van der Waals surface area (Å²) < 4.78 is 16.0. The van der Waals surface area contributed by atoms with Gasteiger partial charge in [0.25, 0.3) is 0 Å². The molecule has 0 saturated heterocycles. The highest BCUT2D eigenvalue weighted by Gasteiger charge is 2.48. The summed E-state index contributed by atoms with van der Waals surface area (Å²) in [5, 5.41) is 10.3. The first-order chi connectivity index (χ1) is 22.7. The zero-order valence-electron chi connectivity index (χ0n) is 27.3. The van der Waals surface area contributed by atoms with Crippen molar-refractivity contribution in [2.24, 2.45) is 5.41 Å². The van der Waals surface area contributed by atoms with Crippen molar-refractivity contribution in [3.05, 3.63) is 95.6 Å². The molecule has 3 rings (SSSR count). The number of methoxy groups -OCH3 is 1. The lowest BCUT2D eigenvalue weighted by Gasteiger charge is -2.28. The molecule has 0 unspecified atom stereocenters. The van der Waals surface area contributed by atoms with Crippen molar-refractivity contribution < 1.29 is 33.7 Å². The number of anilines is 2. The van der Waals surface area contributed by atoms with Crippen molar-refractivity contribution in [3.8, 4) is 5.75 Å². The molecule has 0 aliphatic heterocycles. The summed E-state index contributed by atoms with van der Waals surface area (Å²) in [5.74, 6) is -1.53. The molecule has 3 aromatic rings. The number of carbonyl (C=O) groups excluding carboxylic acids is 2. The topological polar surface area (TPSA) is 151 Å². The highest BCUT2D eigenvalue weighted by atomic mass is 16.5. The van der Waals surface area contributed by atoms with E-state index in [0.717, 1.165) is 62.7 Å². The predicted octanol–water partition coefficient (Wildman–Crippen LogP) is 7.03. The van der Waals surface area contributed by atoms with Crippen LogP contribution in [0.15, 0.2) is 78.9 Å². The summed E-state index contributed by atoms with van der Waals surface area (Å²) in [6.07, 6.45) is 12.4. The standard InChI is InChI=1S/C38H48N2O7/c1-45-35(41)24-17-29-15-22-34(23-16-29)46-25-9-7-5-3-2-4-6-8-10-26-47-37(44)38(36(42)43,27-30-11-18-32(39)19-12-30)28-31-13-20-33(40)21-14-31/h11-24H,2-10,25-28,39-40H2,1H3,(H,42,43)/b24-17+. The Morgan fingerprint density at radius 3 is 1.62 bits per heavy atom. The second kappa shape index (κ2) is 19.7. The first-order valence-corrected chi connectivity index (χ1v) is 16.3. The molecule has 0 aliphatic rings. The Balaban J connectivity index is 1.31. The highest BCUT2D eigenvalue weighted by molar-refractivity contribution is 6.00. The van der Waals surface area contributed by atoms with E-state index in [2.05, 4.69) is 4.74 Å². The maximum absolute atomic E-state index is 13.4. The Kier molecular flexibility index (Phi) is 15.3. The number of hydrogen-bond acceptors (Lipinski definition) is 8. The van der Waals surface area contributed by atoms with Crippen molar-refractivity contribution in [1.29, 1.82) is 0 Å². The average Bonchev–Trinajstić information content (AvgIpc) is 3.07. The third-order valence-corrected chi connectivity index (χ3v) is 8.06. The van der Waals surface area contributed by atoms with Gasteiger partial charge >= 0.3 is 17.9 Å². The van der Waals surface area contributed by atoms with Crippen molar-refractivity contribution in [1.82, 2.24) is 0 Å². The molecule has 0 heterocycles. The molecule has 0 aromatic heterocycles. The number of benzene rings is 3. The molecule has 0 amide bonds. The van der Waals surface area contributed by atoms with E-state index in [4.69, 9.17) is 20.9 Å². The van der Waals surface area contributed by atoms with Gasteiger partial charge in [-0.15, -0.1) is 0 Å². The number of hydrogen-bond donors (Lipinski definition) is 3. The van der Waals surface area contributed by atoms with Crippen LogP contribution in [0, 0.1) is 5.41 Å². The molecule has 0 atom stereocenters. The minimum absolute atomic E-state index is 0.0113. The third kappa shape index (κ3) is 12.9. The van der Waals surface area contributed by atoms with Crippen LogP contribution in [0.4, 0.5) is 11.4 Å². The Bertz CT molecular complexity index is 1370. The van der Waals surface area contributed by atoms with Crippen molar-refractivity contribution in [2.75, 3.05) is 31.8 Å². The molecule has 47 heavy (non-hydrogen) atoms. The van der Waals surface area contributed by atoms with Crippen LogP contribution < -0.4 is 16.2 Å². The van der Waals surface area contributed by atoms with Gasteiger partial charge in [-0.2, -0.15) is 0 Å². The number of aliphatic carboxylic acids is 1. The molecule has 5 N–H and O–H groups in total. The first-order valence-electron chi connectivity index (χ1n) is 16.3. The molecule has 0 aliphatic carbocycles. The number of nitrogen functional groups attached to an aromatic ring is 2. The van der Waals surface area contributed by atoms with Gasteiger partial charge in [0, 0.05) is 17.5 Å². The smallest absolute Gasteiger partial charge is 0.330 e. The molecular formula is C38H48N2O7. The van der Waals surface area contributed by atoms with E-state index in [-0.39, 0.29) is 25.4 Å². The highest BCUT2D eigenvalue weighted by Crippen LogP contribution is 2.31. The van der Waals surface area contributed by atoms with Gasteiger partial charge in [-0.1, -0.05) is 81.3 Å². The van der Waals surface area contributed by atoms with Crippen molar-refractivity contribution >= 4 is 35.4 Å². The fraction of sp³-hybridized carbons (Fsp3) is 0.395. The largest absolute Gasteiger partial charge is 0.494 e. The van der Waals surface area contributed by atoms with E-state index in [1.165, 1.54) is 13.2 Å². The van der Waals surface area contributed by atoms with E-state index in [1.807, 2.05) is 24.3 Å². The zero-order valence-corrected chi connectivity index (χ0v) is 27.3. The number of ether oxygens (including phenoxy) is 3. The summed E-state index contributed by atoms with van der Waals surface area (Å²) in [5.41, 5.74) is 13.3. The number of unbranched alkanes of at least 4 members (excludes halogenated alkanes) is 8. The fourth-order valence-electron chi connectivity index (χ4n) is 5.26. The number of carboxylic acids is 1. The molecule has 9 heteroatoms. The first kappa shape index (κ1) is 36.7. The molecule has 0 radical (unpaired) electrons. The van der Waals surface area contributed by atoms with Gasteiger partial charge in [0.05, 0.1) is 20.3 Å². The number of esters is 2. The Morgan fingerprint density at radius 1 is 0.681 bits per heavy atom. The third-order valence-electron chi connectivity index (χ3n) is 8.06. The molecule has 0 fully saturated rings. The second-order valence-corrected chi connectivity index (χ2v) is 11.8. The number of rotatable bonds is 21. The Hall–Kier alpha value is -4.79. The van der Waals surface area contributed by atoms with Gasteiger partial charge < -0.3 is 30.8 Å². The minimum atomic E-state index is -1.77. The second-order valence-electron chi connectivity index (χ2n) is 11.8. The summed E-state index contributed by atoms with van der Waals surface area (Å²) in [7, 11) is 1.35. The van der Waals surface area contributed by atoms with Gasteiger partial charge in [-0.3, -0.25) is 9.59 Å². The average molecular weight is 645 g/mol. The summed E-state index contributed by atoms with van der Waals surface area (Å²) in [6.45, 7) is 0.851. The molecule has 0 saturated carbocycles. The van der Waals surface area contributed by atoms with Crippen molar-refractivity contribution in [2.45, 2.75) is 70.6 Å². The van der Waals surface area contributed by atoms with Crippen LogP contribution in [-0.2, 0) is 36.7 Å². The SMILES string of the molecule is COC(=O)/C=C/c1ccc(OCCCCCCCCCCCOC(=O)C(Cc2ccc(N)cc2)(Cc2ccc(N)cc2)C(=O)O)cc1. The predicted molar refractivity (Wildman–Crippen MR) is 185 cm³/mol. The van der Waals surface area contributed by atoms with Crippen LogP contribution in [0.1, 0.15) is 74.5 Å². The molecule has 3 aromatic carbocycles. The van der Waals surface area contributed by atoms with E-state index in [9.17, 15) is 19.5 Å². The molecule has 252 valence electrons. The van der Waals surface area contributed by atoms with Crippen LogP contribution in [0.25, 0.3) is 6.08 Å². The lowest BCUT2D eigenvalue weighted by molar-refractivity contribution is -0.169. The summed E-state index contributed by atoms with van der Waals surface area (Å²) in [6, 6.07) is 21.3. The van der Waals surface area contributed by atoms with E-state index < -0.39 is 17.4 Å². The lowest BCUT2D eigenvalue weighted by Crippen LogP contribution is -2.44. The lowest BCUT2D eigenvalue weighted by atomic mass is 9.76. The number of carbonyl (C=O) groups is 3. The molecular weight excluding hydrogens is 596 g/mol. The van der Waals surface area contributed by atoms with Crippen molar-refractivity contribution in [3.63, 3.8) is 0 Å². The zero-order chi connectivity index (χ0) is 33.9. The number of carboxylic acid groups (broad SMARTS) is 1. The van der Waals surface area contributed by atoms with Gasteiger partial charge in [-0.25, -0.2) is 4.79 Å². The van der Waals surface area contributed by atoms with E-state index >= 15 is 0 Å². The Morgan fingerprint density at radius 2 is 1.15 bits per heavy atom. The van der Waals surface area contributed by atoms with Crippen LogP contribution in [0.2, 0.25) is 0 Å². The maximum Gasteiger partial charge on any atom is 0.330 e. The van der Waals surface area contributed by atoms with Crippen LogP contribution in [0.3, 0.4) is 0 Å². The molecule has 0 spiro atoms. The molecule has 0 bridgehead atoms. The van der Waals surface area contributed by atoms with Crippen LogP contribution in [0.5, 0.6) is 5.75 Å². The van der Waals surface area contributed by atoms with E-state index in [0.29, 0.717) is 35.5 Å². The van der Waals surface area contributed by atoms with Gasteiger partial charge in [0.2, 0.25) is 0 Å². The van der Waals surface area contributed by atoms with Crippen LogP contribution >= 0.6 is 0 Å². The summed E-state index contributed by atoms with van der Waals surface area (Å²) >= 11 is 0. The molecule has 9 nitrogen and oxygen atoms in total.